The zero-order chi connectivity index (χ0) is 15.4. The quantitative estimate of drug-likeness (QED) is 0.797. The highest BCUT2D eigenvalue weighted by atomic mass is 16.2. The minimum absolute atomic E-state index is 0.0158. The number of carbonyl (C=O) groups is 1. The van der Waals surface area contributed by atoms with Gasteiger partial charge in [0.05, 0.1) is 0 Å². The van der Waals surface area contributed by atoms with E-state index in [0.29, 0.717) is 5.82 Å². The van der Waals surface area contributed by atoms with Crippen molar-refractivity contribution in [2.45, 2.75) is 37.8 Å². The number of nitrogens with zero attached hydrogens (tertiary/aromatic N) is 2. The fraction of sp³-hybridized carbons (Fsp3) is 0.438. The molecule has 1 amide bonds. The van der Waals surface area contributed by atoms with Gasteiger partial charge >= 0.3 is 0 Å². The van der Waals surface area contributed by atoms with Gasteiger partial charge in [0.25, 0.3) is 0 Å². The van der Waals surface area contributed by atoms with Crippen LogP contribution in [0.25, 0.3) is 0 Å². The minimum atomic E-state index is -0.311. The molecule has 1 unspecified atom stereocenters. The van der Waals surface area contributed by atoms with Crippen molar-refractivity contribution in [1.82, 2.24) is 20.5 Å². The van der Waals surface area contributed by atoms with Crippen molar-refractivity contribution in [2.24, 2.45) is 11.7 Å². The Bertz CT molecular complexity index is 598. The predicted molar refractivity (Wildman–Crippen MR) is 82.7 cm³/mol. The van der Waals surface area contributed by atoms with Crippen LogP contribution < -0.4 is 11.1 Å². The Balaban J connectivity index is 1.77. The monoisotopic (exact) mass is 299 g/mol. The van der Waals surface area contributed by atoms with Crippen molar-refractivity contribution in [3.05, 3.63) is 48.0 Å². The third kappa shape index (κ3) is 3.33. The van der Waals surface area contributed by atoms with Crippen LogP contribution >= 0.6 is 0 Å². The molecular weight excluding hydrogens is 278 g/mol. The molecule has 0 aliphatic heterocycles. The first-order valence-electron chi connectivity index (χ1n) is 7.70. The van der Waals surface area contributed by atoms with Crippen LogP contribution in [-0.2, 0) is 4.79 Å². The van der Waals surface area contributed by atoms with Gasteiger partial charge in [0.15, 0.2) is 5.82 Å². The molecule has 3 atom stereocenters. The van der Waals surface area contributed by atoms with Gasteiger partial charge in [-0.1, -0.05) is 36.8 Å². The van der Waals surface area contributed by atoms with Crippen LogP contribution in [0.15, 0.2) is 36.7 Å². The number of H-pyrrole nitrogens is 1. The van der Waals surface area contributed by atoms with E-state index in [4.69, 9.17) is 5.73 Å². The Morgan fingerprint density at radius 1 is 1.32 bits per heavy atom. The first-order chi connectivity index (χ1) is 10.7. The summed E-state index contributed by atoms with van der Waals surface area (Å²) in [6, 6.07) is 9.60. The lowest BCUT2D eigenvalue weighted by molar-refractivity contribution is -0.126. The molecule has 6 heteroatoms. The number of benzene rings is 1. The highest BCUT2D eigenvalue weighted by molar-refractivity contribution is 5.79. The predicted octanol–water partition coefficient (Wildman–Crippen LogP) is 1.53. The number of amides is 1. The summed E-state index contributed by atoms with van der Waals surface area (Å²) >= 11 is 0. The second-order valence-electron chi connectivity index (χ2n) is 5.85. The molecule has 1 heterocycles. The van der Waals surface area contributed by atoms with E-state index in [1.807, 2.05) is 30.3 Å². The largest absolute Gasteiger partial charge is 0.342 e. The molecule has 3 rings (SSSR count). The normalized spacial score (nSPS) is 23.0. The molecule has 1 aromatic carbocycles. The number of aromatic nitrogens is 3. The van der Waals surface area contributed by atoms with Crippen molar-refractivity contribution in [3.63, 3.8) is 0 Å². The molecule has 1 aliphatic rings. The van der Waals surface area contributed by atoms with Gasteiger partial charge in [-0.15, -0.1) is 0 Å². The summed E-state index contributed by atoms with van der Waals surface area (Å²) < 4.78 is 0. The van der Waals surface area contributed by atoms with Crippen molar-refractivity contribution in [1.29, 1.82) is 0 Å². The van der Waals surface area contributed by atoms with Gasteiger partial charge in [-0.25, -0.2) is 4.98 Å². The molecule has 6 nitrogen and oxygen atoms in total. The Hall–Kier alpha value is -2.21. The van der Waals surface area contributed by atoms with Gasteiger partial charge in [0, 0.05) is 12.0 Å². The van der Waals surface area contributed by atoms with Crippen LogP contribution in [0, 0.1) is 5.92 Å². The van der Waals surface area contributed by atoms with Crippen LogP contribution in [0.3, 0.4) is 0 Å². The van der Waals surface area contributed by atoms with Gasteiger partial charge in [0.1, 0.15) is 12.4 Å². The molecule has 0 bridgehead atoms. The van der Waals surface area contributed by atoms with Crippen LogP contribution in [0.2, 0.25) is 0 Å². The summed E-state index contributed by atoms with van der Waals surface area (Å²) in [4.78, 5) is 16.8. The van der Waals surface area contributed by atoms with E-state index in [2.05, 4.69) is 20.5 Å². The van der Waals surface area contributed by atoms with Gasteiger partial charge in [-0.3, -0.25) is 9.89 Å². The topological polar surface area (TPSA) is 96.7 Å². The molecular formula is C16H21N5O. The Morgan fingerprint density at radius 3 is 2.82 bits per heavy atom. The SMILES string of the molecule is N[C@@H]1CCC[C@@H](C(=O)NC(c2ccccc2)c2ncn[nH]2)C1. The average Bonchev–Trinajstić information content (AvgIpc) is 3.07. The minimum Gasteiger partial charge on any atom is -0.342 e. The Kier molecular flexibility index (Phi) is 4.48. The number of rotatable bonds is 4. The van der Waals surface area contributed by atoms with Gasteiger partial charge in [-0.05, 0) is 24.8 Å². The summed E-state index contributed by atoms with van der Waals surface area (Å²) in [7, 11) is 0. The lowest BCUT2D eigenvalue weighted by atomic mass is 9.85. The van der Waals surface area contributed by atoms with Crippen LogP contribution in [0.4, 0.5) is 0 Å². The molecule has 2 aromatic rings. The molecule has 4 N–H and O–H groups in total. The third-order valence-corrected chi connectivity index (χ3v) is 4.21. The molecule has 0 radical (unpaired) electrons. The fourth-order valence-electron chi connectivity index (χ4n) is 3.03. The molecule has 0 saturated heterocycles. The zero-order valence-corrected chi connectivity index (χ0v) is 12.4. The van der Waals surface area contributed by atoms with E-state index in [1.54, 1.807) is 0 Å². The van der Waals surface area contributed by atoms with Crippen molar-refractivity contribution in [2.75, 3.05) is 0 Å². The van der Waals surface area contributed by atoms with E-state index < -0.39 is 0 Å². The fourth-order valence-corrected chi connectivity index (χ4v) is 3.03. The summed E-state index contributed by atoms with van der Waals surface area (Å²) in [6.07, 6.45) is 5.13. The highest BCUT2D eigenvalue weighted by Crippen LogP contribution is 2.25. The van der Waals surface area contributed by atoms with Gasteiger partial charge < -0.3 is 11.1 Å². The second kappa shape index (κ2) is 6.70. The summed E-state index contributed by atoms with van der Waals surface area (Å²) in [5.74, 6) is 0.665. The van der Waals surface area contributed by atoms with Gasteiger partial charge in [-0.2, -0.15) is 5.10 Å². The number of nitrogens with two attached hydrogens (primary N) is 1. The molecule has 22 heavy (non-hydrogen) atoms. The van der Waals surface area contributed by atoms with E-state index >= 15 is 0 Å². The summed E-state index contributed by atoms with van der Waals surface area (Å²) in [5.41, 5.74) is 6.97. The summed E-state index contributed by atoms with van der Waals surface area (Å²) in [6.45, 7) is 0. The maximum atomic E-state index is 12.6. The van der Waals surface area contributed by atoms with Crippen LogP contribution in [-0.4, -0.2) is 27.1 Å². The van der Waals surface area contributed by atoms with Crippen molar-refractivity contribution >= 4 is 5.91 Å². The standard InChI is InChI=1S/C16H21N5O/c17-13-8-4-7-12(9-13)16(22)20-14(15-18-10-19-21-15)11-5-2-1-3-6-11/h1-3,5-6,10,12-14H,4,7-9,17H2,(H,20,22)(H,18,19,21)/t12-,13-,14?/m1/s1. The van der Waals surface area contributed by atoms with E-state index in [1.165, 1.54) is 6.33 Å². The molecule has 1 fully saturated rings. The number of aromatic amines is 1. The number of carbonyl (C=O) groups excluding carboxylic acids is 1. The van der Waals surface area contributed by atoms with E-state index in [0.717, 1.165) is 31.2 Å². The summed E-state index contributed by atoms with van der Waals surface area (Å²) in [5, 5.41) is 9.84. The molecule has 1 saturated carbocycles. The lowest BCUT2D eigenvalue weighted by Gasteiger charge is -2.27. The lowest BCUT2D eigenvalue weighted by Crippen LogP contribution is -2.39. The van der Waals surface area contributed by atoms with Gasteiger partial charge in [0.2, 0.25) is 5.91 Å². The number of nitrogens with one attached hydrogen (secondary N) is 2. The van der Waals surface area contributed by atoms with Crippen molar-refractivity contribution < 1.29 is 4.79 Å². The zero-order valence-electron chi connectivity index (χ0n) is 12.4. The number of hydrogen-bond acceptors (Lipinski definition) is 4. The maximum absolute atomic E-state index is 12.6. The average molecular weight is 299 g/mol. The highest BCUT2D eigenvalue weighted by Gasteiger charge is 2.28. The smallest absolute Gasteiger partial charge is 0.224 e. The number of hydrogen-bond donors (Lipinski definition) is 3. The first kappa shape index (κ1) is 14.7. The first-order valence-corrected chi connectivity index (χ1v) is 7.70. The van der Waals surface area contributed by atoms with Crippen LogP contribution in [0.1, 0.15) is 43.1 Å². The van der Waals surface area contributed by atoms with Crippen molar-refractivity contribution in [3.8, 4) is 0 Å². The van der Waals surface area contributed by atoms with E-state index in [-0.39, 0.29) is 23.9 Å². The van der Waals surface area contributed by atoms with E-state index in [9.17, 15) is 4.79 Å². The maximum Gasteiger partial charge on any atom is 0.224 e. The molecule has 1 aliphatic carbocycles. The second-order valence-corrected chi connectivity index (χ2v) is 5.85. The molecule has 116 valence electrons. The van der Waals surface area contributed by atoms with Crippen LogP contribution in [0.5, 0.6) is 0 Å². The third-order valence-electron chi connectivity index (χ3n) is 4.21. The molecule has 1 aromatic heterocycles. The Labute approximate surface area is 129 Å². The molecule has 0 spiro atoms. The Morgan fingerprint density at radius 2 is 2.14 bits per heavy atom.